The minimum atomic E-state index is -0.805. The van der Waals surface area contributed by atoms with E-state index in [1.54, 1.807) is 49.4 Å². The smallest absolute Gasteiger partial charge is 0.258 e. The van der Waals surface area contributed by atoms with E-state index in [1.165, 1.54) is 0 Å². The maximum atomic E-state index is 12.9. The van der Waals surface area contributed by atoms with Crippen molar-refractivity contribution in [2.45, 2.75) is 13.0 Å². The van der Waals surface area contributed by atoms with Gasteiger partial charge in [-0.05, 0) is 36.8 Å². The number of amides is 1. The number of aliphatic hydroxyl groups is 1. The second kappa shape index (κ2) is 10.0. The number of hydrogen-bond donors (Lipinski definition) is 2. The van der Waals surface area contributed by atoms with E-state index < -0.39 is 6.10 Å². The lowest BCUT2D eigenvalue weighted by Crippen LogP contribution is -2.32. The van der Waals surface area contributed by atoms with Crippen LogP contribution in [-0.2, 0) is 4.79 Å². The quantitative estimate of drug-likeness (QED) is 0.423. The van der Waals surface area contributed by atoms with Crippen molar-refractivity contribution >= 4 is 16.9 Å². The van der Waals surface area contributed by atoms with E-state index in [1.807, 2.05) is 36.4 Å². The van der Waals surface area contributed by atoms with Crippen LogP contribution in [0.2, 0.25) is 0 Å². The molecule has 1 unspecified atom stereocenters. The summed E-state index contributed by atoms with van der Waals surface area (Å²) in [5.41, 5.74) is 0.751. The number of carbonyl (C=O) groups is 1. The zero-order chi connectivity index (χ0) is 23.2. The first-order valence-corrected chi connectivity index (χ1v) is 10.4. The van der Waals surface area contributed by atoms with Gasteiger partial charge in [0.25, 0.3) is 5.91 Å². The van der Waals surface area contributed by atoms with E-state index in [-0.39, 0.29) is 30.2 Å². The maximum Gasteiger partial charge on any atom is 0.258 e. The number of nitrogens with one attached hydrogen (secondary N) is 1. The monoisotopic (exact) mass is 445 g/mol. The molecule has 7 heteroatoms. The SMILES string of the molecule is Cc1oc2cc(OCC(=O)NCC(O)c3ccccc3)ccc2c(=O)c1Oc1ccccc1. The van der Waals surface area contributed by atoms with E-state index in [2.05, 4.69) is 5.32 Å². The van der Waals surface area contributed by atoms with Crippen LogP contribution in [0.4, 0.5) is 0 Å². The van der Waals surface area contributed by atoms with Crippen molar-refractivity contribution in [3.8, 4) is 17.2 Å². The number of ether oxygens (including phenoxy) is 2. The van der Waals surface area contributed by atoms with Gasteiger partial charge in [-0.2, -0.15) is 0 Å². The molecule has 0 aliphatic heterocycles. The number of para-hydroxylation sites is 1. The Morgan fingerprint density at radius 3 is 2.42 bits per heavy atom. The molecule has 0 saturated heterocycles. The third-order valence-corrected chi connectivity index (χ3v) is 5.00. The lowest BCUT2D eigenvalue weighted by molar-refractivity contribution is -0.123. The first kappa shape index (κ1) is 22.1. The Labute approximate surface area is 190 Å². The molecule has 33 heavy (non-hydrogen) atoms. The van der Waals surface area contributed by atoms with Crippen molar-refractivity contribution in [2.24, 2.45) is 0 Å². The lowest BCUT2D eigenvalue weighted by Gasteiger charge is -2.13. The molecule has 0 fully saturated rings. The molecule has 0 saturated carbocycles. The summed E-state index contributed by atoms with van der Waals surface area (Å²) in [5, 5.41) is 13.1. The van der Waals surface area contributed by atoms with Crippen LogP contribution < -0.4 is 20.2 Å². The van der Waals surface area contributed by atoms with Crippen LogP contribution in [0, 0.1) is 6.92 Å². The fraction of sp³-hybridized carbons (Fsp3) is 0.154. The van der Waals surface area contributed by atoms with Crippen LogP contribution in [0.5, 0.6) is 17.2 Å². The van der Waals surface area contributed by atoms with Crippen molar-refractivity contribution in [1.82, 2.24) is 5.32 Å². The van der Waals surface area contributed by atoms with E-state index in [4.69, 9.17) is 13.9 Å². The Hall–Kier alpha value is -4.10. The molecule has 1 atom stereocenters. The molecule has 0 spiro atoms. The molecular weight excluding hydrogens is 422 g/mol. The third-order valence-electron chi connectivity index (χ3n) is 5.00. The number of hydrogen-bond acceptors (Lipinski definition) is 6. The van der Waals surface area contributed by atoms with Gasteiger partial charge < -0.3 is 24.3 Å². The number of aliphatic hydroxyl groups excluding tert-OH is 1. The second-order valence-electron chi connectivity index (χ2n) is 7.41. The van der Waals surface area contributed by atoms with E-state index in [9.17, 15) is 14.7 Å². The van der Waals surface area contributed by atoms with Gasteiger partial charge in [0.2, 0.25) is 11.2 Å². The van der Waals surface area contributed by atoms with Gasteiger partial charge in [0, 0.05) is 12.6 Å². The highest BCUT2D eigenvalue weighted by atomic mass is 16.5. The summed E-state index contributed by atoms with van der Waals surface area (Å²) in [6.45, 7) is 1.48. The lowest BCUT2D eigenvalue weighted by atomic mass is 10.1. The van der Waals surface area contributed by atoms with Gasteiger partial charge in [-0.25, -0.2) is 0 Å². The first-order chi connectivity index (χ1) is 16.0. The first-order valence-electron chi connectivity index (χ1n) is 10.4. The van der Waals surface area contributed by atoms with Crippen molar-refractivity contribution in [2.75, 3.05) is 13.2 Å². The molecule has 7 nitrogen and oxygen atoms in total. The zero-order valence-electron chi connectivity index (χ0n) is 18.0. The Balaban J connectivity index is 1.40. The number of rotatable bonds is 8. The van der Waals surface area contributed by atoms with Crippen LogP contribution in [0.25, 0.3) is 11.0 Å². The Bertz CT molecular complexity index is 1300. The van der Waals surface area contributed by atoms with Crippen LogP contribution in [-0.4, -0.2) is 24.2 Å². The predicted octanol–water partition coefficient (Wildman–Crippen LogP) is 4.12. The molecule has 168 valence electrons. The normalized spacial score (nSPS) is 11.7. The van der Waals surface area contributed by atoms with E-state index >= 15 is 0 Å². The molecule has 2 N–H and O–H groups in total. The van der Waals surface area contributed by atoms with Crippen LogP contribution >= 0.6 is 0 Å². The summed E-state index contributed by atoms with van der Waals surface area (Å²) in [5.74, 6) is 0.991. The van der Waals surface area contributed by atoms with Crippen LogP contribution in [0.15, 0.2) is 88.1 Å². The average Bonchev–Trinajstić information content (AvgIpc) is 2.84. The zero-order valence-corrected chi connectivity index (χ0v) is 18.0. The van der Waals surface area contributed by atoms with Gasteiger partial charge in [0.05, 0.1) is 11.5 Å². The number of carbonyl (C=O) groups excluding carboxylic acids is 1. The Kier molecular flexibility index (Phi) is 6.71. The fourth-order valence-electron chi connectivity index (χ4n) is 3.29. The summed E-state index contributed by atoms with van der Waals surface area (Å²) in [6.07, 6.45) is -0.805. The molecule has 0 bridgehead atoms. The maximum absolute atomic E-state index is 12.9. The summed E-state index contributed by atoms with van der Waals surface area (Å²) >= 11 is 0. The molecule has 1 aromatic heterocycles. The Morgan fingerprint density at radius 1 is 1.00 bits per heavy atom. The van der Waals surface area contributed by atoms with Crippen molar-refractivity contribution in [1.29, 1.82) is 0 Å². The number of fused-ring (bicyclic) bond motifs is 1. The van der Waals surface area contributed by atoms with Gasteiger partial charge >= 0.3 is 0 Å². The van der Waals surface area contributed by atoms with Gasteiger partial charge in [0.15, 0.2) is 6.61 Å². The fourth-order valence-corrected chi connectivity index (χ4v) is 3.29. The molecule has 0 aliphatic rings. The minimum absolute atomic E-state index is 0.0716. The highest BCUT2D eigenvalue weighted by Gasteiger charge is 2.15. The van der Waals surface area contributed by atoms with Crippen molar-refractivity contribution in [3.63, 3.8) is 0 Å². The van der Waals surface area contributed by atoms with Gasteiger partial charge in [0.1, 0.15) is 22.8 Å². The van der Waals surface area contributed by atoms with Gasteiger partial charge in [-0.3, -0.25) is 9.59 Å². The number of aryl methyl sites for hydroxylation is 1. The van der Waals surface area contributed by atoms with Crippen LogP contribution in [0.3, 0.4) is 0 Å². The summed E-state index contributed by atoms with van der Waals surface area (Å²) in [7, 11) is 0. The topological polar surface area (TPSA) is 98.0 Å². The van der Waals surface area contributed by atoms with E-state index in [0.29, 0.717) is 33.8 Å². The van der Waals surface area contributed by atoms with Crippen molar-refractivity contribution < 1.29 is 23.8 Å². The summed E-state index contributed by atoms with van der Waals surface area (Å²) < 4.78 is 17.0. The van der Waals surface area contributed by atoms with Crippen molar-refractivity contribution in [3.05, 3.63) is 100 Å². The Morgan fingerprint density at radius 2 is 1.70 bits per heavy atom. The molecule has 0 aliphatic carbocycles. The molecule has 0 radical (unpaired) electrons. The third kappa shape index (κ3) is 5.39. The molecule has 1 amide bonds. The predicted molar refractivity (Wildman–Crippen MR) is 124 cm³/mol. The molecule has 4 rings (SSSR count). The highest BCUT2D eigenvalue weighted by Crippen LogP contribution is 2.27. The van der Waals surface area contributed by atoms with Gasteiger partial charge in [-0.15, -0.1) is 0 Å². The molecular formula is C26H23NO6. The van der Waals surface area contributed by atoms with Gasteiger partial charge in [-0.1, -0.05) is 48.5 Å². The highest BCUT2D eigenvalue weighted by molar-refractivity contribution is 5.80. The summed E-state index contributed by atoms with van der Waals surface area (Å²) in [6, 6.07) is 22.8. The minimum Gasteiger partial charge on any atom is -0.484 e. The second-order valence-corrected chi connectivity index (χ2v) is 7.41. The molecule has 3 aromatic carbocycles. The van der Waals surface area contributed by atoms with E-state index in [0.717, 1.165) is 0 Å². The molecule has 4 aromatic rings. The van der Waals surface area contributed by atoms with Crippen LogP contribution in [0.1, 0.15) is 17.4 Å². The average molecular weight is 445 g/mol. The summed E-state index contributed by atoms with van der Waals surface area (Å²) in [4.78, 5) is 25.0. The number of benzene rings is 3. The molecule has 1 heterocycles. The standard InChI is InChI=1S/C26H23NO6/c1-17-26(33-19-10-6-3-7-11-19)25(30)21-13-12-20(14-23(21)32-17)31-16-24(29)27-15-22(28)18-8-4-2-5-9-18/h2-14,22,28H,15-16H2,1H3,(H,27,29). The largest absolute Gasteiger partial charge is 0.484 e.